The molecule has 0 N–H and O–H groups in total. The fourth-order valence-corrected chi connectivity index (χ4v) is 2.95. The van der Waals surface area contributed by atoms with Crippen molar-refractivity contribution < 1.29 is 13.9 Å². The van der Waals surface area contributed by atoms with Crippen LogP contribution in [0.4, 0.5) is 9.18 Å². The van der Waals surface area contributed by atoms with Crippen molar-refractivity contribution in [2.24, 2.45) is 0 Å². The number of allylic oxidation sites excluding steroid dienone is 1. The number of hydrogen-bond donors (Lipinski definition) is 0. The number of halogens is 1. The molecule has 138 valence electrons. The largest absolute Gasteiger partial charge is 0.443 e. The molecule has 1 aliphatic heterocycles. The first-order chi connectivity index (χ1) is 12.3. The lowest BCUT2D eigenvalue weighted by Crippen LogP contribution is -2.43. The van der Waals surface area contributed by atoms with E-state index in [0.717, 1.165) is 5.69 Å². The van der Waals surface area contributed by atoms with Gasteiger partial charge in [0.05, 0.1) is 23.5 Å². The van der Waals surface area contributed by atoms with Crippen molar-refractivity contribution in [2.75, 3.05) is 6.54 Å². The highest BCUT2D eigenvalue weighted by Crippen LogP contribution is 2.36. The zero-order valence-electron chi connectivity index (χ0n) is 15.2. The summed E-state index contributed by atoms with van der Waals surface area (Å²) in [6.07, 6.45) is 0.175. The van der Waals surface area contributed by atoms with Crippen LogP contribution < -0.4 is 0 Å². The van der Waals surface area contributed by atoms with Crippen molar-refractivity contribution >= 4 is 6.09 Å². The van der Waals surface area contributed by atoms with Gasteiger partial charge in [0.15, 0.2) is 0 Å². The van der Waals surface area contributed by atoms with Crippen molar-refractivity contribution in [3.63, 3.8) is 0 Å². The number of hydrogen-bond acceptors (Lipinski definition) is 4. The Kier molecular flexibility index (Phi) is 4.80. The molecule has 1 amide bonds. The number of alkyl halides is 1. The summed E-state index contributed by atoms with van der Waals surface area (Å²) in [6.45, 7) is 9.55. The SMILES string of the molecule is C=C1C(c2cn(-c3ccccc3)nn2)C(F)CCN1C(=O)OC(C)(C)C. The Bertz CT molecular complexity index is 797. The second kappa shape index (κ2) is 6.90. The third-order valence-electron chi connectivity index (χ3n) is 4.16. The summed E-state index contributed by atoms with van der Waals surface area (Å²) in [5.41, 5.74) is 0.986. The van der Waals surface area contributed by atoms with Gasteiger partial charge in [0.2, 0.25) is 0 Å². The number of amides is 1. The molecule has 0 saturated carbocycles. The Morgan fingerprint density at radius 3 is 2.65 bits per heavy atom. The number of carbonyl (C=O) groups excluding carboxylic acids is 1. The fourth-order valence-electron chi connectivity index (χ4n) is 2.95. The normalized spacial score (nSPS) is 20.9. The summed E-state index contributed by atoms with van der Waals surface area (Å²) >= 11 is 0. The van der Waals surface area contributed by atoms with Gasteiger partial charge in [-0.05, 0) is 39.3 Å². The Balaban J connectivity index is 1.83. The predicted molar refractivity (Wildman–Crippen MR) is 95.7 cm³/mol. The molecule has 1 aromatic carbocycles. The van der Waals surface area contributed by atoms with Crippen LogP contribution in [0, 0.1) is 0 Å². The first-order valence-electron chi connectivity index (χ1n) is 8.57. The van der Waals surface area contributed by atoms with Crippen molar-refractivity contribution in [2.45, 2.75) is 44.9 Å². The van der Waals surface area contributed by atoms with Crippen molar-refractivity contribution in [3.05, 3.63) is 54.5 Å². The first-order valence-corrected chi connectivity index (χ1v) is 8.57. The Morgan fingerprint density at radius 2 is 2.00 bits per heavy atom. The highest BCUT2D eigenvalue weighted by Gasteiger charge is 2.39. The monoisotopic (exact) mass is 358 g/mol. The Hall–Kier alpha value is -2.70. The zero-order chi connectivity index (χ0) is 18.9. The zero-order valence-corrected chi connectivity index (χ0v) is 15.2. The van der Waals surface area contributed by atoms with Crippen LogP contribution in [0.1, 0.15) is 38.8 Å². The Morgan fingerprint density at radius 1 is 1.31 bits per heavy atom. The maximum atomic E-state index is 14.7. The number of nitrogens with zero attached hydrogens (tertiary/aromatic N) is 4. The summed E-state index contributed by atoms with van der Waals surface area (Å²) in [5, 5.41) is 8.20. The number of para-hydroxylation sites is 1. The molecule has 2 heterocycles. The van der Waals surface area contributed by atoms with Crippen LogP contribution in [0.2, 0.25) is 0 Å². The molecule has 7 heteroatoms. The van der Waals surface area contributed by atoms with E-state index < -0.39 is 23.8 Å². The molecular formula is C19H23FN4O2. The number of piperidine rings is 1. The van der Waals surface area contributed by atoms with Crippen molar-refractivity contribution in [1.82, 2.24) is 19.9 Å². The number of rotatable bonds is 2. The van der Waals surface area contributed by atoms with Crippen LogP contribution in [0.15, 0.2) is 48.8 Å². The highest BCUT2D eigenvalue weighted by molar-refractivity contribution is 5.71. The molecule has 0 radical (unpaired) electrons. The minimum Gasteiger partial charge on any atom is -0.443 e. The van der Waals surface area contributed by atoms with Crippen LogP contribution in [0.3, 0.4) is 0 Å². The van der Waals surface area contributed by atoms with Gasteiger partial charge < -0.3 is 4.74 Å². The van der Waals surface area contributed by atoms with Gasteiger partial charge in [-0.25, -0.2) is 13.9 Å². The molecule has 0 bridgehead atoms. The van der Waals surface area contributed by atoms with Crippen LogP contribution >= 0.6 is 0 Å². The van der Waals surface area contributed by atoms with Gasteiger partial charge in [-0.2, -0.15) is 0 Å². The molecule has 2 atom stereocenters. The molecule has 1 fully saturated rings. The molecule has 1 aromatic heterocycles. The molecule has 26 heavy (non-hydrogen) atoms. The van der Waals surface area contributed by atoms with Crippen LogP contribution in [-0.4, -0.2) is 44.3 Å². The minimum atomic E-state index is -1.18. The molecule has 0 spiro atoms. The summed E-state index contributed by atoms with van der Waals surface area (Å²) in [6, 6.07) is 9.44. The number of carbonyl (C=O) groups is 1. The second-order valence-electron chi connectivity index (χ2n) is 7.33. The average Bonchev–Trinajstić information content (AvgIpc) is 3.03. The third-order valence-corrected chi connectivity index (χ3v) is 4.16. The molecule has 2 aromatic rings. The second-order valence-corrected chi connectivity index (χ2v) is 7.33. The molecule has 6 nitrogen and oxygen atoms in total. The van der Waals surface area contributed by atoms with Gasteiger partial charge in [-0.3, -0.25) is 4.90 Å². The predicted octanol–water partition coefficient (Wildman–Crippen LogP) is 3.84. The maximum Gasteiger partial charge on any atom is 0.414 e. The first kappa shape index (κ1) is 18.1. The van der Waals surface area contributed by atoms with E-state index in [1.54, 1.807) is 31.6 Å². The summed E-state index contributed by atoms with van der Waals surface area (Å²) in [4.78, 5) is 13.8. The summed E-state index contributed by atoms with van der Waals surface area (Å²) < 4.78 is 21.6. The molecule has 0 aliphatic carbocycles. The lowest BCUT2D eigenvalue weighted by Gasteiger charge is -2.37. The van der Waals surface area contributed by atoms with E-state index in [0.29, 0.717) is 11.4 Å². The maximum absolute atomic E-state index is 14.7. The van der Waals surface area contributed by atoms with E-state index >= 15 is 0 Å². The van der Waals surface area contributed by atoms with Gasteiger partial charge in [0.1, 0.15) is 11.8 Å². The number of likely N-dealkylation sites (tertiary alicyclic amines) is 1. The van der Waals surface area contributed by atoms with E-state index in [1.807, 2.05) is 30.3 Å². The van der Waals surface area contributed by atoms with E-state index in [2.05, 4.69) is 16.9 Å². The van der Waals surface area contributed by atoms with Gasteiger partial charge in [0, 0.05) is 12.2 Å². The van der Waals surface area contributed by atoms with Gasteiger partial charge >= 0.3 is 6.09 Å². The number of aromatic nitrogens is 3. The molecule has 3 rings (SSSR count). The topological polar surface area (TPSA) is 60.2 Å². The van der Waals surface area contributed by atoms with Crippen molar-refractivity contribution in [3.8, 4) is 5.69 Å². The molecule has 2 unspecified atom stereocenters. The highest BCUT2D eigenvalue weighted by atomic mass is 19.1. The minimum absolute atomic E-state index is 0.196. The van der Waals surface area contributed by atoms with E-state index in [-0.39, 0.29) is 13.0 Å². The van der Waals surface area contributed by atoms with Gasteiger partial charge in [-0.1, -0.05) is 30.0 Å². The fraction of sp³-hybridized carbons (Fsp3) is 0.421. The van der Waals surface area contributed by atoms with Gasteiger partial charge in [-0.15, -0.1) is 5.10 Å². The molecule has 1 saturated heterocycles. The molecule has 1 aliphatic rings. The number of ether oxygens (including phenoxy) is 1. The van der Waals surface area contributed by atoms with Crippen molar-refractivity contribution in [1.29, 1.82) is 0 Å². The summed E-state index contributed by atoms with van der Waals surface area (Å²) in [5.74, 6) is -0.728. The quantitative estimate of drug-likeness (QED) is 0.818. The molecular weight excluding hydrogens is 335 g/mol. The van der Waals surface area contributed by atoms with E-state index in [1.165, 1.54) is 4.90 Å². The average molecular weight is 358 g/mol. The Labute approximate surface area is 152 Å². The lowest BCUT2D eigenvalue weighted by atomic mass is 9.90. The smallest absolute Gasteiger partial charge is 0.414 e. The lowest BCUT2D eigenvalue weighted by molar-refractivity contribution is 0.0237. The third kappa shape index (κ3) is 3.76. The number of benzene rings is 1. The van der Waals surface area contributed by atoms with Crippen LogP contribution in [0.25, 0.3) is 5.69 Å². The van der Waals surface area contributed by atoms with Gasteiger partial charge in [0.25, 0.3) is 0 Å². The van der Waals surface area contributed by atoms with E-state index in [4.69, 9.17) is 4.74 Å². The standard InChI is InChI=1S/C19H23FN4O2/c1-13-17(15(20)10-11-23(13)18(25)26-19(2,3)4)16-12-24(22-21-16)14-8-6-5-7-9-14/h5-9,12,15,17H,1,10-11H2,2-4H3. The van der Waals surface area contributed by atoms with E-state index in [9.17, 15) is 9.18 Å². The van der Waals surface area contributed by atoms with Crippen LogP contribution in [0.5, 0.6) is 0 Å². The van der Waals surface area contributed by atoms with Crippen LogP contribution in [-0.2, 0) is 4.74 Å². The summed E-state index contributed by atoms with van der Waals surface area (Å²) in [7, 11) is 0.